The van der Waals surface area contributed by atoms with E-state index < -0.39 is 172 Å². The van der Waals surface area contributed by atoms with E-state index >= 15 is 0 Å². The molecule has 8 aliphatic rings. The summed E-state index contributed by atoms with van der Waals surface area (Å²) >= 11 is 0. The minimum atomic E-state index is -1.90. The first-order chi connectivity index (χ1) is 31.6. The second-order valence-corrected chi connectivity index (χ2v) is 20.8. The van der Waals surface area contributed by atoms with Crippen molar-refractivity contribution in [2.45, 2.75) is 200 Å². The highest BCUT2D eigenvalue weighted by atomic mass is 16.8. The second-order valence-electron chi connectivity index (χ2n) is 20.8. The Kier molecular flexibility index (Phi) is 15.0. The number of aliphatic hydroxyl groups is 14. The Morgan fingerprint density at radius 3 is 1.52 bits per heavy atom. The number of carbonyl (C=O) groups excluding carboxylic acids is 1. The fraction of sp³-hybridized carbons (Fsp3) is 0.932. The van der Waals surface area contributed by atoms with E-state index in [0.717, 1.165) is 12.0 Å². The molecule has 26 atom stereocenters. The lowest BCUT2D eigenvalue weighted by Gasteiger charge is -2.64. The lowest BCUT2D eigenvalue weighted by Crippen LogP contribution is -2.66. The van der Waals surface area contributed by atoms with Gasteiger partial charge < -0.3 is 109 Å². The van der Waals surface area contributed by atoms with Crippen LogP contribution in [0.4, 0.5) is 0 Å². The normalized spacial score (nSPS) is 54.5. The van der Waals surface area contributed by atoms with E-state index in [1.165, 1.54) is 0 Å². The van der Waals surface area contributed by atoms with Gasteiger partial charge in [-0.3, -0.25) is 4.79 Å². The number of ether oxygens (including phenoxy) is 8. The van der Waals surface area contributed by atoms with E-state index in [-0.39, 0.29) is 17.3 Å². The van der Waals surface area contributed by atoms with Gasteiger partial charge in [0.1, 0.15) is 91.6 Å². The molecule has 8 fully saturated rings. The Morgan fingerprint density at radius 1 is 0.567 bits per heavy atom. The van der Waals surface area contributed by atoms with Crippen molar-refractivity contribution in [1.29, 1.82) is 0 Å². The van der Waals surface area contributed by atoms with Gasteiger partial charge in [0.05, 0.1) is 37.4 Å². The summed E-state index contributed by atoms with van der Waals surface area (Å²) in [5, 5.41) is 147. The number of hydrogen-bond acceptors (Lipinski definition) is 23. The summed E-state index contributed by atoms with van der Waals surface area (Å²) in [5.74, 6) is -0.927. The Bertz CT molecular complexity index is 1760. The van der Waals surface area contributed by atoms with Crippen LogP contribution in [0.3, 0.4) is 0 Å². The molecule has 4 saturated carbocycles. The van der Waals surface area contributed by atoms with Crippen LogP contribution < -0.4 is 0 Å². The SMILES string of the molecule is C=C1C[C@@]23CC[C@H]4[C@@](C)(CCC[C@@]4(C)C(=O)O[C@@H]4O[C@H](CO)[C@@H](O)[C@H](O)[C@H]4O[C@@H]4O[C@H](CO)[C@@H](O)[C@H](O)[C@H]4O)[C@@H]2CC[C@@]1(O[C@@H]1O[C@H](CO)[C@@H](O)[C@H](O)[C@H]1O[C@@H]1O[C@H](CO)[C@@H](O)[C@H](O)[C@H]1O)C3. The number of fused-ring (bicyclic) bond motifs is 3. The molecule has 0 aromatic rings. The molecule has 14 N–H and O–H groups in total. The Balaban J connectivity index is 1.01. The average Bonchev–Trinajstić information content (AvgIpc) is 3.50. The molecule has 0 unspecified atom stereocenters. The second kappa shape index (κ2) is 19.4. The van der Waals surface area contributed by atoms with Gasteiger partial charge in [0.15, 0.2) is 25.0 Å². The quantitative estimate of drug-likeness (QED) is 0.0494. The summed E-state index contributed by atoms with van der Waals surface area (Å²) in [6.07, 6.45) is -28.3. The maximum Gasteiger partial charge on any atom is 0.314 e. The molecule has 0 amide bonds. The third-order valence-corrected chi connectivity index (χ3v) is 17.1. The summed E-state index contributed by atoms with van der Waals surface area (Å²) in [6, 6.07) is 0. The van der Waals surface area contributed by atoms with Crippen molar-refractivity contribution in [2.24, 2.45) is 28.1 Å². The molecule has 0 aromatic heterocycles. The van der Waals surface area contributed by atoms with Crippen molar-refractivity contribution in [1.82, 2.24) is 0 Å². The third kappa shape index (κ3) is 8.63. The molecule has 2 bridgehead atoms. The molecule has 23 heteroatoms. The minimum Gasteiger partial charge on any atom is -0.432 e. The van der Waals surface area contributed by atoms with Crippen molar-refractivity contribution in [2.75, 3.05) is 26.4 Å². The van der Waals surface area contributed by atoms with Crippen molar-refractivity contribution in [3.8, 4) is 0 Å². The van der Waals surface area contributed by atoms with Crippen LogP contribution in [0.2, 0.25) is 0 Å². The number of hydrogen-bond donors (Lipinski definition) is 14. The van der Waals surface area contributed by atoms with E-state index in [4.69, 9.17) is 37.9 Å². The number of aliphatic hydroxyl groups excluding tert-OH is 14. The lowest BCUT2D eigenvalue weighted by atomic mass is 9.41. The van der Waals surface area contributed by atoms with Gasteiger partial charge in [0.25, 0.3) is 0 Å². The van der Waals surface area contributed by atoms with Gasteiger partial charge in [-0.25, -0.2) is 0 Å². The molecule has 4 aliphatic carbocycles. The Hall–Kier alpha value is -1.63. The maximum atomic E-state index is 14.7. The summed E-state index contributed by atoms with van der Waals surface area (Å²) in [5.41, 5.74) is -2.29. The average molecular weight is 967 g/mol. The molecule has 0 radical (unpaired) electrons. The smallest absolute Gasteiger partial charge is 0.314 e. The molecule has 4 aliphatic heterocycles. The zero-order valence-electron chi connectivity index (χ0n) is 37.5. The molecular weight excluding hydrogens is 896 g/mol. The first-order valence-corrected chi connectivity index (χ1v) is 23.4. The highest BCUT2D eigenvalue weighted by molar-refractivity contribution is 5.77. The largest absolute Gasteiger partial charge is 0.432 e. The van der Waals surface area contributed by atoms with E-state index in [2.05, 4.69) is 13.5 Å². The van der Waals surface area contributed by atoms with Crippen LogP contribution in [0, 0.1) is 28.1 Å². The molecule has 1 spiro atoms. The van der Waals surface area contributed by atoms with Crippen LogP contribution in [0.1, 0.15) is 71.6 Å². The van der Waals surface area contributed by atoms with Gasteiger partial charge in [-0.15, -0.1) is 0 Å². The van der Waals surface area contributed by atoms with Crippen LogP contribution >= 0.6 is 0 Å². The molecule has 23 nitrogen and oxygen atoms in total. The van der Waals surface area contributed by atoms with Crippen LogP contribution in [0.25, 0.3) is 0 Å². The van der Waals surface area contributed by atoms with Crippen molar-refractivity contribution in [3.63, 3.8) is 0 Å². The predicted octanol–water partition coefficient (Wildman–Crippen LogP) is -5.11. The monoisotopic (exact) mass is 966 g/mol. The molecular formula is C44H70O23. The standard InChI is InChI=1S/C44H70O23/c1-17-11-43-9-5-22-41(2,7-4-8-42(22,3)40(59)66-38-34(30(55)26(51)20(14-47)62-38)64-36-32(57)28(53)24(49)18(12-45)60-36)23(43)6-10-44(17,16-43)67-39-35(31(56)27(52)21(15-48)63-39)65-37-33(58)29(54)25(50)19(13-46)61-37/h18-39,45-58H,1,4-16H2,2-3H3/t18-,19-,20-,21-,22+,23+,24-,25-,26-,27-,28+,29+,30+,31+,32-,33-,34-,35-,36+,37+,38+,39+,41-,42-,43-,44-/m1/s1. The van der Waals surface area contributed by atoms with Crippen molar-refractivity contribution in [3.05, 3.63) is 12.2 Å². The summed E-state index contributed by atoms with van der Waals surface area (Å²) in [7, 11) is 0. The van der Waals surface area contributed by atoms with Gasteiger partial charge in [-0.2, -0.15) is 0 Å². The van der Waals surface area contributed by atoms with Crippen molar-refractivity contribution >= 4 is 5.97 Å². The van der Waals surface area contributed by atoms with Gasteiger partial charge in [0.2, 0.25) is 6.29 Å². The maximum absolute atomic E-state index is 14.7. The van der Waals surface area contributed by atoms with E-state index in [1.807, 2.05) is 6.92 Å². The number of carbonyl (C=O) groups is 1. The predicted molar refractivity (Wildman–Crippen MR) is 219 cm³/mol. The van der Waals surface area contributed by atoms with Crippen LogP contribution in [-0.2, 0) is 42.7 Å². The molecule has 0 aromatic carbocycles. The van der Waals surface area contributed by atoms with Crippen LogP contribution in [0.15, 0.2) is 12.2 Å². The Labute approximate surface area is 386 Å². The molecule has 8 rings (SSSR count). The molecule has 4 heterocycles. The summed E-state index contributed by atoms with van der Waals surface area (Å²) in [4.78, 5) is 14.7. The Morgan fingerprint density at radius 2 is 1.01 bits per heavy atom. The highest BCUT2D eigenvalue weighted by Crippen LogP contribution is 2.73. The zero-order valence-corrected chi connectivity index (χ0v) is 37.5. The van der Waals surface area contributed by atoms with Gasteiger partial charge in [-0.1, -0.05) is 19.9 Å². The van der Waals surface area contributed by atoms with E-state index in [9.17, 15) is 76.3 Å². The first kappa shape index (κ1) is 51.7. The molecule has 4 saturated heterocycles. The number of rotatable bonds is 12. The molecule has 67 heavy (non-hydrogen) atoms. The lowest BCUT2D eigenvalue weighted by molar-refractivity contribution is -0.378. The highest BCUT2D eigenvalue weighted by Gasteiger charge is 2.69. The third-order valence-electron chi connectivity index (χ3n) is 17.1. The van der Waals surface area contributed by atoms with E-state index in [0.29, 0.717) is 51.4 Å². The fourth-order valence-corrected chi connectivity index (χ4v) is 13.5. The minimum absolute atomic E-state index is 0.0251. The topological polar surface area (TPSA) is 374 Å². The van der Waals surface area contributed by atoms with Crippen LogP contribution in [0.5, 0.6) is 0 Å². The first-order valence-electron chi connectivity index (χ1n) is 23.4. The molecule has 384 valence electrons. The number of esters is 1. The van der Waals surface area contributed by atoms with E-state index in [1.54, 1.807) is 0 Å². The van der Waals surface area contributed by atoms with Gasteiger partial charge in [0, 0.05) is 0 Å². The van der Waals surface area contributed by atoms with Crippen LogP contribution in [-0.4, -0.2) is 232 Å². The summed E-state index contributed by atoms with van der Waals surface area (Å²) < 4.78 is 47.6. The van der Waals surface area contributed by atoms with Gasteiger partial charge >= 0.3 is 5.97 Å². The zero-order chi connectivity index (χ0) is 48.7. The van der Waals surface area contributed by atoms with Crippen molar-refractivity contribution < 1.29 is 114 Å². The fourth-order valence-electron chi connectivity index (χ4n) is 13.5. The summed E-state index contributed by atoms with van der Waals surface area (Å²) in [6.45, 7) is 5.47. The van der Waals surface area contributed by atoms with Gasteiger partial charge in [-0.05, 0) is 86.5 Å².